The third-order valence-corrected chi connectivity index (χ3v) is 4.68. The lowest BCUT2D eigenvalue weighted by molar-refractivity contribution is 0.0950. The third kappa shape index (κ3) is 3.60. The van der Waals surface area contributed by atoms with Crippen LogP contribution in [-0.4, -0.2) is 22.3 Å². The van der Waals surface area contributed by atoms with Crippen LogP contribution < -0.4 is 5.43 Å². The highest BCUT2D eigenvalue weighted by Crippen LogP contribution is 2.20. The minimum Gasteiger partial charge on any atom is -0.272 e. The number of carbonyl (C=O) groups excluding carboxylic acids is 1. The topological polar surface area (TPSA) is 70.1 Å². The van der Waals surface area contributed by atoms with E-state index in [0.29, 0.717) is 5.69 Å². The van der Waals surface area contributed by atoms with E-state index in [2.05, 4.69) is 40.6 Å². The Kier molecular flexibility index (Phi) is 4.57. The summed E-state index contributed by atoms with van der Waals surface area (Å²) in [5.74, 6) is -0.317. The summed E-state index contributed by atoms with van der Waals surface area (Å²) in [6, 6.07) is 11.8. The number of hydrazone groups is 1. The van der Waals surface area contributed by atoms with Crippen molar-refractivity contribution in [2.45, 2.75) is 20.8 Å². The summed E-state index contributed by atoms with van der Waals surface area (Å²) in [6.45, 7) is 6.15. The van der Waals surface area contributed by atoms with Crippen molar-refractivity contribution in [1.82, 2.24) is 15.6 Å². The first kappa shape index (κ1) is 16.1. The molecule has 0 aliphatic rings. The lowest BCUT2D eigenvalue weighted by Crippen LogP contribution is -2.17. The Hall–Kier alpha value is -2.73. The molecule has 0 aliphatic carbocycles. The van der Waals surface area contributed by atoms with Crippen molar-refractivity contribution in [3.63, 3.8) is 0 Å². The SMILES string of the molecule is Cc1ccc(C=NNC(=O)c2cc(-c3ccc(C)c(C)c3)n[nH]2)s1. The van der Waals surface area contributed by atoms with E-state index in [1.54, 1.807) is 23.6 Å². The van der Waals surface area contributed by atoms with Gasteiger partial charge < -0.3 is 0 Å². The highest BCUT2D eigenvalue weighted by molar-refractivity contribution is 7.13. The van der Waals surface area contributed by atoms with Gasteiger partial charge >= 0.3 is 0 Å². The summed E-state index contributed by atoms with van der Waals surface area (Å²) in [6.07, 6.45) is 1.64. The smallest absolute Gasteiger partial charge is 0.272 e. The van der Waals surface area contributed by atoms with Gasteiger partial charge in [0.25, 0.3) is 5.91 Å². The van der Waals surface area contributed by atoms with Crippen molar-refractivity contribution in [3.05, 3.63) is 63.0 Å². The van der Waals surface area contributed by atoms with Crippen molar-refractivity contribution in [2.75, 3.05) is 0 Å². The Morgan fingerprint density at radius 1 is 1.17 bits per heavy atom. The van der Waals surface area contributed by atoms with Crippen LogP contribution in [0.2, 0.25) is 0 Å². The highest BCUT2D eigenvalue weighted by Gasteiger charge is 2.10. The second-order valence-corrected chi connectivity index (χ2v) is 6.93. The predicted octanol–water partition coefficient (Wildman–Crippen LogP) is 3.83. The van der Waals surface area contributed by atoms with Gasteiger partial charge in [0.2, 0.25) is 0 Å². The van der Waals surface area contributed by atoms with Gasteiger partial charge in [-0.1, -0.05) is 12.1 Å². The molecule has 0 radical (unpaired) electrons. The maximum Gasteiger partial charge on any atom is 0.289 e. The zero-order valence-corrected chi connectivity index (χ0v) is 14.6. The van der Waals surface area contributed by atoms with Crippen LogP contribution in [-0.2, 0) is 0 Å². The van der Waals surface area contributed by atoms with Gasteiger partial charge in [-0.05, 0) is 56.2 Å². The normalized spacial score (nSPS) is 11.1. The number of aryl methyl sites for hydroxylation is 3. The molecule has 2 aromatic heterocycles. The molecular weight excluding hydrogens is 320 g/mol. The van der Waals surface area contributed by atoms with Crippen LogP contribution in [0.4, 0.5) is 0 Å². The second kappa shape index (κ2) is 6.80. The van der Waals surface area contributed by atoms with Crippen molar-refractivity contribution in [3.8, 4) is 11.3 Å². The first-order valence-corrected chi connectivity index (χ1v) is 8.37. The van der Waals surface area contributed by atoms with E-state index >= 15 is 0 Å². The number of benzene rings is 1. The standard InChI is InChI=1S/C18H18N4OS/c1-11-4-6-14(8-12(11)2)16-9-17(21-20-16)18(23)22-19-10-15-7-5-13(3)24-15/h4-10H,1-3H3,(H,20,21)(H,22,23). The molecule has 0 fully saturated rings. The number of H-pyrrole nitrogens is 1. The lowest BCUT2D eigenvalue weighted by atomic mass is 10.0. The van der Waals surface area contributed by atoms with Gasteiger partial charge in [0.1, 0.15) is 5.69 Å². The van der Waals surface area contributed by atoms with Crippen molar-refractivity contribution in [2.24, 2.45) is 5.10 Å². The number of hydrogen-bond acceptors (Lipinski definition) is 4. The Balaban J connectivity index is 1.69. The molecule has 1 amide bonds. The number of thiophene rings is 1. The van der Waals surface area contributed by atoms with Crippen LogP contribution in [0.25, 0.3) is 11.3 Å². The molecule has 0 bridgehead atoms. The molecule has 24 heavy (non-hydrogen) atoms. The first-order chi connectivity index (χ1) is 11.5. The van der Waals surface area contributed by atoms with E-state index in [9.17, 15) is 4.79 Å². The molecular formula is C18H18N4OS. The second-order valence-electron chi connectivity index (χ2n) is 5.61. The molecule has 6 heteroatoms. The largest absolute Gasteiger partial charge is 0.289 e. The molecule has 5 nitrogen and oxygen atoms in total. The van der Waals surface area contributed by atoms with E-state index in [0.717, 1.165) is 16.1 Å². The molecule has 0 aliphatic heterocycles. The average molecular weight is 338 g/mol. The van der Waals surface area contributed by atoms with Crippen LogP contribution in [0.1, 0.15) is 31.4 Å². The molecule has 2 N–H and O–H groups in total. The molecule has 0 saturated carbocycles. The molecule has 0 saturated heterocycles. The van der Waals surface area contributed by atoms with E-state index in [4.69, 9.17) is 0 Å². The lowest BCUT2D eigenvalue weighted by Gasteiger charge is -2.01. The molecule has 2 heterocycles. The summed E-state index contributed by atoms with van der Waals surface area (Å²) >= 11 is 1.62. The molecule has 1 aromatic carbocycles. The minimum atomic E-state index is -0.317. The number of aromatic nitrogens is 2. The molecule has 122 valence electrons. The zero-order chi connectivity index (χ0) is 17.1. The van der Waals surface area contributed by atoms with E-state index in [-0.39, 0.29) is 5.91 Å². The number of aromatic amines is 1. The van der Waals surface area contributed by atoms with Crippen LogP contribution in [0.3, 0.4) is 0 Å². The predicted molar refractivity (Wildman–Crippen MR) is 97.6 cm³/mol. The van der Waals surface area contributed by atoms with Crippen LogP contribution in [0, 0.1) is 20.8 Å². The van der Waals surface area contributed by atoms with Gasteiger partial charge in [0, 0.05) is 15.3 Å². The van der Waals surface area contributed by atoms with Gasteiger partial charge in [-0.25, -0.2) is 5.43 Å². The first-order valence-electron chi connectivity index (χ1n) is 7.56. The summed E-state index contributed by atoms with van der Waals surface area (Å²) in [5.41, 5.74) is 7.02. The maximum atomic E-state index is 12.1. The Bertz CT molecular complexity index is 907. The average Bonchev–Trinajstić information content (AvgIpc) is 3.19. The zero-order valence-electron chi connectivity index (χ0n) is 13.8. The quantitative estimate of drug-likeness (QED) is 0.561. The van der Waals surface area contributed by atoms with Crippen molar-refractivity contribution < 1.29 is 4.79 Å². The van der Waals surface area contributed by atoms with Gasteiger partial charge in [0.15, 0.2) is 0 Å². The van der Waals surface area contributed by atoms with Crippen molar-refractivity contribution in [1.29, 1.82) is 0 Å². The summed E-state index contributed by atoms with van der Waals surface area (Å²) in [7, 11) is 0. The molecule has 0 unspecified atom stereocenters. The van der Waals surface area contributed by atoms with E-state index < -0.39 is 0 Å². The number of nitrogens with one attached hydrogen (secondary N) is 2. The number of carbonyl (C=O) groups is 1. The van der Waals surface area contributed by atoms with E-state index in [1.165, 1.54) is 16.0 Å². The number of rotatable bonds is 4. The fourth-order valence-corrected chi connectivity index (χ4v) is 2.97. The Labute approximate surface area is 144 Å². The summed E-state index contributed by atoms with van der Waals surface area (Å²) in [5, 5.41) is 10.9. The third-order valence-electron chi connectivity index (χ3n) is 3.74. The van der Waals surface area contributed by atoms with E-state index in [1.807, 2.05) is 31.2 Å². The van der Waals surface area contributed by atoms with Gasteiger partial charge in [-0.2, -0.15) is 10.2 Å². The number of nitrogens with zero attached hydrogens (tertiary/aromatic N) is 2. The Morgan fingerprint density at radius 3 is 2.71 bits per heavy atom. The van der Waals surface area contributed by atoms with Crippen LogP contribution in [0.5, 0.6) is 0 Å². The fourth-order valence-electron chi connectivity index (χ4n) is 2.22. The number of hydrogen-bond donors (Lipinski definition) is 2. The molecule has 0 spiro atoms. The van der Waals surface area contributed by atoms with Crippen LogP contribution >= 0.6 is 11.3 Å². The molecule has 3 rings (SSSR count). The van der Waals surface area contributed by atoms with Crippen molar-refractivity contribution >= 4 is 23.5 Å². The van der Waals surface area contributed by atoms with Gasteiger partial charge in [-0.3, -0.25) is 9.89 Å². The summed E-state index contributed by atoms with van der Waals surface area (Å²) < 4.78 is 0. The van der Waals surface area contributed by atoms with Crippen LogP contribution in [0.15, 0.2) is 41.5 Å². The monoisotopic (exact) mass is 338 g/mol. The minimum absolute atomic E-state index is 0.317. The fraction of sp³-hybridized carbons (Fsp3) is 0.167. The summed E-state index contributed by atoms with van der Waals surface area (Å²) in [4.78, 5) is 14.3. The number of amides is 1. The Morgan fingerprint density at radius 2 is 2.00 bits per heavy atom. The maximum absolute atomic E-state index is 12.1. The molecule has 0 atom stereocenters. The van der Waals surface area contributed by atoms with Gasteiger partial charge in [-0.15, -0.1) is 11.3 Å². The van der Waals surface area contributed by atoms with Gasteiger partial charge in [0.05, 0.1) is 11.9 Å². The highest BCUT2D eigenvalue weighted by atomic mass is 32.1. The molecule has 3 aromatic rings.